The maximum absolute atomic E-state index is 13.4. The lowest BCUT2D eigenvalue weighted by Crippen LogP contribution is -2.15. The maximum Gasteiger partial charge on any atom is 0.193 e. The lowest BCUT2D eigenvalue weighted by atomic mass is 10.3. The summed E-state index contributed by atoms with van der Waals surface area (Å²) in [5.41, 5.74) is 5.57. The van der Waals surface area contributed by atoms with Crippen molar-refractivity contribution in [1.29, 1.82) is 0 Å². The Hall–Kier alpha value is -2.22. The summed E-state index contributed by atoms with van der Waals surface area (Å²) in [4.78, 5) is 7.90. The summed E-state index contributed by atoms with van der Waals surface area (Å²) in [6.07, 6.45) is 1.37. The molecule has 0 aliphatic heterocycles. The largest absolute Gasteiger partial charge is 0.409 e. The van der Waals surface area contributed by atoms with Gasteiger partial charge >= 0.3 is 0 Å². The van der Waals surface area contributed by atoms with Gasteiger partial charge in [0.1, 0.15) is 17.3 Å². The van der Waals surface area contributed by atoms with E-state index >= 15 is 0 Å². The van der Waals surface area contributed by atoms with Crippen LogP contribution in [0.5, 0.6) is 0 Å². The minimum Gasteiger partial charge on any atom is -0.409 e. The van der Waals surface area contributed by atoms with Gasteiger partial charge in [0.15, 0.2) is 11.0 Å². The molecule has 98 valence electrons. The van der Waals surface area contributed by atoms with Crippen LogP contribution in [-0.2, 0) is 0 Å². The zero-order chi connectivity index (χ0) is 13.8. The van der Waals surface area contributed by atoms with Gasteiger partial charge < -0.3 is 10.9 Å². The Kier molecular flexibility index (Phi) is 3.91. The van der Waals surface area contributed by atoms with E-state index in [0.717, 1.165) is 30.0 Å². The van der Waals surface area contributed by atoms with Gasteiger partial charge in [-0.05, 0) is 36.0 Å². The number of benzene rings is 1. The van der Waals surface area contributed by atoms with Gasteiger partial charge in [0.05, 0.1) is 4.90 Å². The number of nitrogens with zero attached hydrogens (tertiary/aromatic N) is 3. The van der Waals surface area contributed by atoms with Gasteiger partial charge in [-0.25, -0.2) is 18.7 Å². The number of hydrogen-bond donors (Lipinski definition) is 2. The van der Waals surface area contributed by atoms with Crippen molar-refractivity contribution >= 4 is 17.6 Å². The van der Waals surface area contributed by atoms with E-state index < -0.39 is 11.6 Å². The summed E-state index contributed by atoms with van der Waals surface area (Å²) in [6.45, 7) is 0. The van der Waals surface area contributed by atoms with Crippen LogP contribution in [-0.4, -0.2) is 21.0 Å². The van der Waals surface area contributed by atoms with Crippen LogP contribution in [0.25, 0.3) is 0 Å². The quantitative estimate of drug-likeness (QED) is 0.296. The van der Waals surface area contributed by atoms with Crippen LogP contribution in [0.15, 0.2) is 45.7 Å². The lowest BCUT2D eigenvalue weighted by molar-refractivity contribution is 0.318. The van der Waals surface area contributed by atoms with Crippen LogP contribution >= 0.6 is 11.8 Å². The van der Waals surface area contributed by atoms with Crippen LogP contribution in [0.3, 0.4) is 0 Å². The molecule has 0 spiro atoms. The molecule has 19 heavy (non-hydrogen) atoms. The zero-order valence-corrected chi connectivity index (χ0v) is 10.2. The summed E-state index contributed by atoms with van der Waals surface area (Å²) in [6, 6.07) is 4.51. The van der Waals surface area contributed by atoms with Crippen molar-refractivity contribution in [2.24, 2.45) is 10.9 Å². The third kappa shape index (κ3) is 3.16. The van der Waals surface area contributed by atoms with Crippen molar-refractivity contribution in [2.75, 3.05) is 0 Å². The first kappa shape index (κ1) is 13.2. The number of halogens is 2. The van der Waals surface area contributed by atoms with Gasteiger partial charge in [0, 0.05) is 6.20 Å². The number of aromatic nitrogens is 2. The van der Waals surface area contributed by atoms with Crippen molar-refractivity contribution in [3.05, 3.63) is 47.8 Å². The first-order valence-corrected chi connectivity index (χ1v) is 5.85. The predicted molar refractivity (Wildman–Crippen MR) is 65.0 cm³/mol. The molecule has 0 bridgehead atoms. The van der Waals surface area contributed by atoms with Gasteiger partial charge in [-0.3, -0.25) is 0 Å². The average Bonchev–Trinajstić information content (AvgIpc) is 2.42. The number of hydrogen-bond acceptors (Lipinski definition) is 5. The molecular formula is C11H8F2N4OS. The molecule has 0 unspecified atom stereocenters. The standard InChI is InChI=1S/C11H8F2N4OS/c12-6-1-2-7(13)9(5-6)19-11-15-4-3-8(16-11)10(14)17-18/h1-5,18H,(H2,14,17). The molecule has 0 aliphatic carbocycles. The van der Waals surface area contributed by atoms with E-state index in [1.165, 1.54) is 12.3 Å². The number of oxime groups is 1. The zero-order valence-electron chi connectivity index (χ0n) is 9.42. The van der Waals surface area contributed by atoms with Gasteiger partial charge in [0.2, 0.25) is 0 Å². The van der Waals surface area contributed by atoms with Gasteiger partial charge in [-0.2, -0.15) is 0 Å². The Morgan fingerprint density at radius 1 is 1.32 bits per heavy atom. The third-order valence-electron chi connectivity index (χ3n) is 2.10. The van der Waals surface area contributed by atoms with E-state index in [1.54, 1.807) is 0 Å². The van der Waals surface area contributed by atoms with E-state index in [4.69, 9.17) is 10.9 Å². The SMILES string of the molecule is N/C(=N/O)c1ccnc(Sc2cc(F)ccc2F)n1. The smallest absolute Gasteiger partial charge is 0.193 e. The first-order chi connectivity index (χ1) is 9.10. The molecule has 2 rings (SSSR count). The monoisotopic (exact) mass is 282 g/mol. The highest BCUT2D eigenvalue weighted by Crippen LogP contribution is 2.27. The van der Waals surface area contributed by atoms with Crippen LogP contribution in [0.2, 0.25) is 0 Å². The Balaban J connectivity index is 2.31. The van der Waals surface area contributed by atoms with Gasteiger partial charge in [0.25, 0.3) is 0 Å². The number of amidine groups is 1. The highest BCUT2D eigenvalue weighted by molar-refractivity contribution is 7.99. The Morgan fingerprint density at radius 3 is 2.84 bits per heavy atom. The minimum atomic E-state index is -0.579. The molecule has 0 amide bonds. The molecule has 1 aromatic carbocycles. The van der Waals surface area contributed by atoms with E-state index in [0.29, 0.717) is 0 Å². The second-order valence-corrected chi connectivity index (χ2v) is 4.40. The fourth-order valence-corrected chi connectivity index (χ4v) is 2.03. The third-order valence-corrected chi connectivity index (χ3v) is 3.01. The second kappa shape index (κ2) is 5.61. The first-order valence-electron chi connectivity index (χ1n) is 5.04. The van der Waals surface area contributed by atoms with Crippen molar-refractivity contribution in [1.82, 2.24) is 9.97 Å². The van der Waals surface area contributed by atoms with Gasteiger partial charge in [-0.15, -0.1) is 0 Å². The molecule has 5 nitrogen and oxygen atoms in total. The second-order valence-electron chi connectivity index (χ2n) is 3.39. The maximum atomic E-state index is 13.4. The normalized spacial score (nSPS) is 11.6. The van der Waals surface area contributed by atoms with Crippen molar-refractivity contribution in [2.45, 2.75) is 10.1 Å². The van der Waals surface area contributed by atoms with Crippen LogP contribution < -0.4 is 5.73 Å². The molecule has 1 heterocycles. The molecule has 3 N–H and O–H groups in total. The van der Waals surface area contributed by atoms with Crippen molar-refractivity contribution in [3.8, 4) is 0 Å². The van der Waals surface area contributed by atoms with Crippen LogP contribution in [0, 0.1) is 11.6 Å². The van der Waals surface area contributed by atoms with E-state index in [2.05, 4.69) is 15.1 Å². The van der Waals surface area contributed by atoms with E-state index in [9.17, 15) is 8.78 Å². The molecule has 0 fully saturated rings. The van der Waals surface area contributed by atoms with Crippen molar-refractivity contribution in [3.63, 3.8) is 0 Å². The molecule has 0 saturated carbocycles. The summed E-state index contributed by atoms with van der Waals surface area (Å²) in [5.74, 6) is -1.33. The molecule has 0 aliphatic rings. The summed E-state index contributed by atoms with van der Waals surface area (Å²) in [7, 11) is 0. The molecule has 2 aromatic rings. The molecule has 8 heteroatoms. The fraction of sp³-hybridized carbons (Fsp3) is 0. The highest BCUT2D eigenvalue weighted by atomic mass is 32.2. The lowest BCUT2D eigenvalue weighted by Gasteiger charge is -2.03. The van der Waals surface area contributed by atoms with Crippen molar-refractivity contribution < 1.29 is 14.0 Å². The molecule has 1 aromatic heterocycles. The molecule has 0 radical (unpaired) electrons. The number of nitrogens with two attached hydrogens (primary N) is 1. The Labute approximate surface area is 111 Å². The Morgan fingerprint density at radius 2 is 2.11 bits per heavy atom. The summed E-state index contributed by atoms with van der Waals surface area (Å²) in [5, 5.41) is 11.5. The molecular weight excluding hydrogens is 274 g/mol. The van der Waals surface area contributed by atoms with Crippen LogP contribution in [0.4, 0.5) is 8.78 Å². The minimum absolute atomic E-state index is 0.0525. The summed E-state index contributed by atoms with van der Waals surface area (Å²) < 4.78 is 26.5. The van der Waals surface area contributed by atoms with Crippen LogP contribution in [0.1, 0.15) is 5.69 Å². The molecule has 0 atom stereocenters. The fourth-order valence-electron chi connectivity index (χ4n) is 1.24. The average molecular weight is 282 g/mol. The van der Waals surface area contributed by atoms with E-state index in [-0.39, 0.29) is 21.6 Å². The summed E-state index contributed by atoms with van der Waals surface area (Å²) >= 11 is 0.841. The number of rotatable bonds is 3. The molecule has 0 saturated heterocycles. The predicted octanol–water partition coefficient (Wildman–Crippen LogP) is 2.00. The van der Waals surface area contributed by atoms with Gasteiger partial charge in [-0.1, -0.05) is 5.16 Å². The highest BCUT2D eigenvalue weighted by Gasteiger charge is 2.09. The topological polar surface area (TPSA) is 84.4 Å². The van der Waals surface area contributed by atoms with E-state index in [1.807, 2.05) is 0 Å². The Bertz CT molecular complexity index is 636.